The number of aromatic nitrogens is 4. The number of benzene rings is 1. The first-order valence-corrected chi connectivity index (χ1v) is 7.21. The SMILES string of the molecule is CC(C)NCc1cnc(-n2nnc3ccccc32)c(Cl)c1. The number of halogens is 1. The summed E-state index contributed by atoms with van der Waals surface area (Å²) in [4.78, 5) is 4.44. The summed E-state index contributed by atoms with van der Waals surface area (Å²) in [6, 6.07) is 10.1. The molecule has 0 saturated heterocycles. The highest BCUT2D eigenvalue weighted by molar-refractivity contribution is 6.32. The molecule has 2 heterocycles. The first-order chi connectivity index (χ1) is 10.1. The van der Waals surface area contributed by atoms with Crippen molar-refractivity contribution >= 4 is 22.6 Å². The van der Waals surface area contributed by atoms with E-state index in [2.05, 4.69) is 34.5 Å². The summed E-state index contributed by atoms with van der Waals surface area (Å²) in [6.07, 6.45) is 1.81. The molecule has 0 amide bonds. The number of hydrogen-bond donors (Lipinski definition) is 1. The Labute approximate surface area is 127 Å². The molecule has 21 heavy (non-hydrogen) atoms. The Hall–Kier alpha value is -1.98. The normalized spacial score (nSPS) is 11.4. The van der Waals surface area contributed by atoms with Crippen molar-refractivity contribution in [2.24, 2.45) is 0 Å². The summed E-state index contributed by atoms with van der Waals surface area (Å²) >= 11 is 6.36. The Balaban J connectivity index is 1.96. The van der Waals surface area contributed by atoms with Gasteiger partial charge in [-0.25, -0.2) is 4.98 Å². The third-order valence-corrected chi connectivity index (χ3v) is 3.42. The molecule has 0 fully saturated rings. The lowest BCUT2D eigenvalue weighted by molar-refractivity contribution is 0.587. The van der Waals surface area contributed by atoms with Gasteiger partial charge in [-0.3, -0.25) is 0 Å². The molecule has 2 aromatic heterocycles. The van der Waals surface area contributed by atoms with Crippen LogP contribution < -0.4 is 5.32 Å². The van der Waals surface area contributed by atoms with E-state index in [4.69, 9.17) is 11.6 Å². The van der Waals surface area contributed by atoms with E-state index < -0.39 is 0 Å². The molecule has 0 aliphatic carbocycles. The highest BCUT2D eigenvalue weighted by atomic mass is 35.5. The van der Waals surface area contributed by atoms with Crippen molar-refractivity contribution in [3.8, 4) is 5.82 Å². The summed E-state index contributed by atoms with van der Waals surface area (Å²) in [7, 11) is 0. The molecular formula is C15H16ClN5. The number of fused-ring (bicyclic) bond motifs is 1. The van der Waals surface area contributed by atoms with Crippen LogP contribution in [0.15, 0.2) is 36.5 Å². The van der Waals surface area contributed by atoms with Gasteiger partial charge in [-0.2, -0.15) is 4.68 Å². The topological polar surface area (TPSA) is 55.6 Å². The van der Waals surface area contributed by atoms with Crippen molar-refractivity contribution in [2.45, 2.75) is 26.4 Å². The Morgan fingerprint density at radius 2 is 2.10 bits per heavy atom. The van der Waals surface area contributed by atoms with Gasteiger partial charge in [-0.05, 0) is 23.8 Å². The highest BCUT2D eigenvalue weighted by Gasteiger charge is 2.11. The molecule has 0 spiro atoms. The van der Waals surface area contributed by atoms with E-state index in [1.54, 1.807) is 4.68 Å². The van der Waals surface area contributed by atoms with Gasteiger partial charge in [0.05, 0.1) is 10.5 Å². The van der Waals surface area contributed by atoms with E-state index >= 15 is 0 Å². The first-order valence-electron chi connectivity index (χ1n) is 6.84. The Morgan fingerprint density at radius 1 is 1.29 bits per heavy atom. The molecule has 5 nitrogen and oxygen atoms in total. The molecule has 0 radical (unpaired) electrons. The second-order valence-corrected chi connectivity index (χ2v) is 5.58. The van der Waals surface area contributed by atoms with Crippen molar-refractivity contribution in [3.05, 3.63) is 47.1 Å². The summed E-state index contributed by atoms with van der Waals surface area (Å²) in [6.45, 7) is 4.94. The maximum absolute atomic E-state index is 6.36. The van der Waals surface area contributed by atoms with Crippen molar-refractivity contribution < 1.29 is 0 Å². The largest absolute Gasteiger partial charge is 0.310 e. The monoisotopic (exact) mass is 301 g/mol. The molecular weight excluding hydrogens is 286 g/mol. The zero-order valence-corrected chi connectivity index (χ0v) is 12.7. The first kappa shape index (κ1) is 14.0. The van der Waals surface area contributed by atoms with E-state index in [1.165, 1.54) is 0 Å². The maximum Gasteiger partial charge on any atom is 0.174 e. The minimum Gasteiger partial charge on any atom is -0.310 e. The molecule has 6 heteroatoms. The second-order valence-electron chi connectivity index (χ2n) is 5.17. The van der Waals surface area contributed by atoms with Gasteiger partial charge in [-0.15, -0.1) is 5.10 Å². The standard InChI is InChI=1S/C15H16ClN5/c1-10(2)17-8-11-7-12(16)15(18-9-11)21-14-6-4-3-5-13(14)19-20-21/h3-7,9-10,17H,8H2,1-2H3. The van der Waals surface area contributed by atoms with Crippen LogP contribution >= 0.6 is 11.6 Å². The summed E-state index contributed by atoms with van der Waals surface area (Å²) in [5.41, 5.74) is 2.75. The fourth-order valence-electron chi connectivity index (χ4n) is 2.07. The average Bonchev–Trinajstić information content (AvgIpc) is 2.89. The van der Waals surface area contributed by atoms with Crippen molar-refractivity contribution in [1.82, 2.24) is 25.3 Å². The predicted molar refractivity (Wildman–Crippen MR) is 83.6 cm³/mol. The Morgan fingerprint density at radius 3 is 2.86 bits per heavy atom. The summed E-state index contributed by atoms with van der Waals surface area (Å²) in [5, 5.41) is 12.2. The van der Waals surface area contributed by atoms with Gasteiger partial charge in [0.2, 0.25) is 0 Å². The lowest BCUT2D eigenvalue weighted by Crippen LogP contribution is -2.22. The van der Waals surface area contributed by atoms with Gasteiger partial charge in [0.15, 0.2) is 5.82 Å². The van der Waals surface area contributed by atoms with Crippen LogP contribution in [-0.4, -0.2) is 26.0 Å². The van der Waals surface area contributed by atoms with Crippen LogP contribution in [0.3, 0.4) is 0 Å². The number of pyridine rings is 1. The fraction of sp³-hybridized carbons (Fsp3) is 0.267. The number of para-hydroxylation sites is 1. The summed E-state index contributed by atoms with van der Waals surface area (Å²) in [5.74, 6) is 0.596. The third-order valence-electron chi connectivity index (χ3n) is 3.15. The molecule has 0 unspecified atom stereocenters. The van der Waals surface area contributed by atoms with E-state index in [-0.39, 0.29) is 0 Å². The van der Waals surface area contributed by atoms with Crippen LogP contribution in [-0.2, 0) is 6.54 Å². The third kappa shape index (κ3) is 2.89. The number of nitrogens with one attached hydrogen (secondary N) is 1. The Bertz CT molecular complexity index is 766. The Kier molecular flexibility index (Phi) is 3.86. The zero-order valence-electron chi connectivity index (χ0n) is 11.9. The van der Waals surface area contributed by atoms with Crippen molar-refractivity contribution in [1.29, 1.82) is 0 Å². The lowest BCUT2D eigenvalue weighted by atomic mass is 10.2. The van der Waals surface area contributed by atoms with E-state index in [0.717, 1.165) is 23.1 Å². The molecule has 3 aromatic rings. The molecule has 0 bridgehead atoms. The number of hydrogen-bond acceptors (Lipinski definition) is 4. The van der Waals surface area contributed by atoms with Crippen molar-refractivity contribution in [3.63, 3.8) is 0 Å². The van der Waals surface area contributed by atoms with Gasteiger partial charge < -0.3 is 5.32 Å². The van der Waals surface area contributed by atoms with Crippen LogP contribution in [0.25, 0.3) is 16.9 Å². The van der Waals surface area contributed by atoms with Gasteiger partial charge in [0.1, 0.15) is 5.52 Å². The number of rotatable bonds is 4. The molecule has 0 saturated carbocycles. The molecule has 3 rings (SSSR count). The summed E-state index contributed by atoms with van der Waals surface area (Å²) < 4.78 is 1.66. The lowest BCUT2D eigenvalue weighted by Gasteiger charge is -2.09. The van der Waals surface area contributed by atoms with Gasteiger partial charge in [0.25, 0.3) is 0 Å². The van der Waals surface area contributed by atoms with E-state index in [9.17, 15) is 0 Å². The molecule has 1 aromatic carbocycles. The van der Waals surface area contributed by atoms with Crippen molar-refractivity contribution in [2.75, 3.05) is 0 Å². The maximum atomic E-state index is 6.36. The van der Waals surface area contributed by atoms with Gasteiger partial charge >= 0.3 is 0 Å². The van der Waals surface area contributed by atoms with E-state index in [0.29, 0.717) is 16.9 Å². The average molecular weight is 302 g/mol. The highest BCUT2D eigenvalue weighted by Crippen LogP contribution is 2.22. The number of nitrogens with zero attached hydrogens (tertiary/aromatic N) is 4. The minimum absolute atomic E-state index is 0.419. The van der Waals surface area contributed by atoms with Gasteiger partial charge in [-0.1, -0.05) is 42.8 Å². The zero-order chi connectivity index (χ0) is 14.8. The molecule has 0 aliphatic rings. The van der Waals surface area contributed by atoms with E-state index in [1.807, 2.05) is 36.5 Å². The minimum atomic E-state index is 0.419. The molecule has 0 aliphatic heterocycles. The quantitative estimate of drug-likeness (QED) is 0.805. The second kappa shape index (κ2) is 5.79. The molecule has 108 valence electrons. The van der Waals surface area contributed by atoms with Gasteiger partial charge in [0, 0.05) is 18.8 Å². The molecule has 0 atom stereocenters. The molecule has 1 N–H and O–H groups in total. The fourth-order valence-corrected chi connectivity index (χ4v) is 2.34. The van der Waals surface area contributed by atoms with Crippen LogP contribution in [0.5, 0.6) is 0 Å². The smallest absolute Gasteiger partial charge is 0.174 e. The predicted octanol–water partition coefficient (Wildman–Crippen LogP) is 2.97. The van der Waals surface area contributed by atoms with Crippen LogP contribution in [0, 0.1) is 0 Å². The van der Waals surface area contributed by atoms with Crippen LogP contribution in [0.2, 0.25) is 5.02 Å². The van der Waals surface area contributed by atoms with Crippen LogP contribution in [0.1, 0.15) is 19.4 Å². The van der Waals surface area contributed by atoms with Crippen LogP contribution in [0.4, 0.5) is 0 Å².